The summed E-state index contributed by atoms with van der Waals surface area (Å²) in [6.07, 6.45) is 0. The van der Waals surface area contributed by atoms with Crippen molar-refractivity contribution in [2.45, 2.75) is 16.7 Å². The van der Waals surface area contributed by atoms with E-state index < -0.39 is 26.0 Å². The number of carbonyl (C=O) groups excluding carboxylic acids is 1. The summed E-state index contributed by atoms with van der Waals surface area (Å²) in [5.41, 5.74) is 1.77. The van der Waals surface area contributed by atoms with Crippen LogP contribution in [0.2, 0.25) is 0 Å². The number of methoxy groups -OCH3 is 1. The molecular weight excluding hydrogens is 466 g/mol. The first-order chi connectivity index (χ1) is 15.6. The summed E-state index contributed by atoms with van der Waals surface area (Å²) in [5.74, 6) is -0.440. The van der Waals surface area contributed by atoms with Gasteiger partial charge >= 0.3 is 0 Å². The highest BCUT2D eigenvalue weighted by Crippen LogP contribution is 2.25. The Morgan fingerprint density at radius 1 is 0.818 bits per heavy atom. The van der Waals surface area contributed by atoms with Crippen LogP contribution in [0.1, 0.15) is 15.9 Å². The molecule has 0 saturated heterocycles. The smallest absolute Gasteiger partial charge is 0.261 e. The molecule has 1 amide bonds. The number of rotatable bonds is 8. The Balaban J connectivity index is 1.75. The molecule has 9 nitrogen and oxygen atoms in total. The van der Waals surface area contributed by atoms with E-state index in [2.05, 4.69) is 14.8 Å². The van der Waals surface area contributed by atoms with Gasteiger partial charge in [0, 0.05) is 16.9 Å². The molecule has 3 aromatic rings. The maximum absolute atomic E-state index is 12.6. The van der Waals surface area contributed by atoms with E-state index in [4.69, 9.17) is 4.74 Å². The van der Waals surface area contributed by atoms with E-state index in [1.165, 1.54) is 68.8 Å². The molecule has 0 spiro atoms. The summed E-state index contributed by atoms with van der Waals surface area (Å²) >= 11 is 0. The third-order valence-corrected chi connectivity index (χ3v) is 7.54. The molecule has 0 saturated carbocycles. The van der Waals surface area contributed by atoms with Gasteiger partial charge in [-0.25, -0.2) is 21.6 Å². The van der Waals surface area contributed by atoms with Gasteiger partial charge in [-0.1, -0.05) is 17.7 Å². The molecule has 0 bridgehead atoms. The Hall–Kier alpha value is -3.41. The summed E-state index contributed by atoms with van der Waals surface area (Å²) in [4.78, 5) is 12.6. The standard InChI is InChI=1S/C22H23N3O6S2/c1-15-4-11-19(12-5-15)32(27,28)25-18-9-7-17(8-10-18)24-22(26)16-6-13-20(31-3)21(14-16)33(29,30)23-2/h4-14,23,25H,1-3H3,(H,24,26). The fourth-order valence-electron chi connectivity index (χ4n) is 2.89. The lowest BCUT2D eigenvalue weighted by molar-refractivity contribution is 0.102. The van der Waals surface area contributed by atoms with Crippen molar-refractivity contribution in [3.8, 4) is 5.75 Å². The van der Waals surface area contributed by atoms with Crippen LogP contribution in [-0.4, -0.2) is 36.9 Å². The zero-order chi connectivity index (χ0) is 24.2. The van der Waals surface area contributed by atoms with E-state index in [1.54, 1.807) is 12.1 Å². The SMILES string of the molecule is CNS(=O)(=O)c1cc(C(=O)Nc2ccc(NS(=O)(=O)c3ccc(C)cc3)cc2)ccc1OC. The Kier molecular flexibility index (Phi) is 7.06. The van der Waals surface area contributed by atoms with E-state index >= 15 is 0 Å². The molecule has 0 fully saturated rings. The number of ether oxygens (including phenoxy) is 1. The van der Waals surface area contributed by atoms with Crippen LogP contribution >= 0.6 is 0 Å². The number of aryl methyl sites for hydroxylation is 1. The number of amides is 1. The van der Waals surface area contributed by atoms with Gasteiger partial charge < -0.3 is 10.1 Å². The lowest BCUT2D eigenvalue weighted by atomic mass is 10.2. The van der Waals surface area contributed by atoms with Crippen molar-refractivity contribution in [3.63, 3.8) is 0 Å². The lowest BCUT2D eigenvalue weighted by Crippen LogP contribution is -2.20. The Bertz CT molecular complexity index is 1370. The molecular formula is C22H23N3O6S2. The topological polar surface area (TPSA) is 131 Å². The predicted octanol–water partition coefficient (Wildman–Crippen LogP) is 2.96. The highest BCUT2D eigenvalue weighted by Gasteiger charge is 2.20. The molecule has 0 aliphatic carbocycles. The van der Waals surface area contributed by atoms with Gasteiger partial charge in [0.15, 0.2) is 0 Å². The monoisotopic (exact) mass is 489 g/mol. The lowest BCUT2D eigenvalue weighted by Gasteiger charge is -2.12. The summed E-state index contributed by atoms with van der Waals surface area (Å²) in [5, 5.41) is 2.65. The normalized spacial score (nSPS) is 11.6. The van der Waals surface area contributed by atoms with Crippen LogP contribution in [0.4, 0.5) is 11.4 Å². The van der Waals surface area contributed by atoms with Gasteiger partial charge in [-0.05, 0) is 68.6 Å². The zero-order valence-corrected chi connectivity index (χ0v) is 19.7. The fraction of sp³-hybridized carbons (Fsp3) is 0.136. The molecule has 0 aliphatic heterocycles. The van der Waals surface area contributed by atoms with Crippen molar-refractivity contribution in [1.29, 1.82) is 0 Å². The molecule has 3 rings (SSSR count). The van der Waals surface area contributed by atoms with Crippen LogP contribution < -0.4 is 19.5 Å². The van der Waals surface area contributed by atoms with Crippen molar-refractivity contribution in [3.05, 3.63) is 77.9 Å². The molecule has 0 atom stereocenters. The Morgan fingerprint density at radius 3 is 2.00 bits per heavy atom. The van der Waals surface area contributed by atoms with Crippen LogP contribution in [0.25, 0.3) is 0 Å². The van der Waals surface area contributed by atoms with E-state index in [0.717, 1.165) is 5.56 Å². The number of sulfonamides is 2. The number of hydrogen-bond acceptors (Lipinski definition) is 6. The molecule has 11 heteroatoms. The van der Waals surface area contributed by atoms with Gasteiger partial charge in [0.2, 0.25) is 10.0 Å². The van der Waals surface area contributed by atoms with Crippen molar-refractivity contribution in [2.24, 2.45) is 0 Å². The average molecular weight is 490 g/mol. The summed E-state index contributed by atoms with van der Waals surface area (Å²) in [6, 6.07) is 16.6. The predicted molar refractivity (Wildman–Crippen MR) is 126 cm³/mol. The van der Waals surface area contributed by atoms with Gasteiger partial charge in [0.25, 0.3) is 15.9 Å². The zero-order valence-electron chi connectivity index (χ0n) is 18.1. The second-order valence-electron chi connectivity index (χ2n) is 7.02. The number of anilines is 2. The summed E-state index contributed by atoms with van der Waals surface area (Å²) < 4.78 is 59.2. The molecule has 3 N–H and O–H groups in total. The average Bonchev–Trinajstić information content (AvgIpc) is 2.80. The third-order valence-electron chi connectivity index (χ3n) is 4.71. The maximum Gasteiger partial charge on any atom is 0.261 e. The Morgan fingerprint density at radius 2 is 1.42 bits per heavy atom. The van der Waals surface area contributed by atoms with E-state index in [-0.39, 0.29) is 21.1 Å². The summed E-state index contributed by atoms with van der Waals surface area (Å²) in [6.45, 7) is 1.86. The van der Waals surface area contributed by atoms with E-state index in [0.29, 0.717) is 11.4 Å². The molecule has 0 heterocycles. The van der Waals surface area contributed by atoms with Crippen LogP contribution in [0.15, 0.2) is 76.5 Å². The van der Waals surface area contributed by atoms with E-state index in [1.807, 2.05) is 6.92 Å². The van der Waals surface area contributed by atoms with Crippen molar-refractivity contribution in [1.82, 2.24) is 4.72 Å². The third kappa shape index (κ3) is 5.69. The minimum Gasteiger partial charge on any atom is -0.495 e. The highest BCUT2D eigenvalue weighted by molar-refractivity contribution is 7.92. The minimum atomic E-state index is -3.84. The second-order valence-corrected chi connectivity index (χ2v) is 10.6. The maximum atomic E-state index is 12.6. The van der Waals surface area contributed by atoms with Crippen molar-refractivity contribution < 1.29 is 26.4 Å². The van der Waals surface area contributed by atoms with Crippen molar-refractivity contribution in [2.75, 3.05) is 24.2 Å². The van der Waals surface area contributed by atoms with E-state index in [9.17, 15) is 21.6 Å². The van der Waals surface area contributed by atoms with Gasteiger partial charge in [-0.15, -0.1) is 0 Å². The molecule has 174 valence electrons. The van der Waals surface area contributed by atoms with Gasteiger partial charge in [0.05, 0.1) is 12.0 Å². The fourth-order valence-corrected chi connectivity index (χ4v) is 4.87. The second kappa shape index (κ2) is 9.61. The number of nitrogens with one attached hydrogen (secondary N) is 3. The highest BCUT2D eigenvalue weighted by atomic mass is 32.2. The largest absolute Gasteiger partial charge is 0.495 e. The molecule has 0 radical (unpaired) electrons. The molecule has 3 aromatic carbocycles. The van der Waals surface area contributed by atoms with Crippen molar-refractivity contribution >= 4 is 37.3 Å². The molecule has 0 aliphatic rings. The molecule has 33 heavy (non-hydrogen) atoms. The first kappa shape index (κ1) is 24.2. The molecule has 0 aromatic heterocycles. The van der Waals surface area contributed by atoms with Gasteiger partial charge in [-0.3, -0.25) is 9.52 Å². The van der Waals surface area contributed by atoms with Crippen LogP contribution in [0.3, 0.4) is 0 Å². The number of benzene rings is 3. The first-order valence-corrected chi connectivity index (χ1v) is 12.6. The summed E-state index contributed by atoms with van der Waals surface area (Å²) in [7, 11) is -5.00. The van der Waals surface area contributed by atoms with Gasteiger partial charge in [-0.2, -0.15) is 0 Å². The minimum absolute atomic E-state index is 0.103. The Labute approximate surface area is 192 Å². The van der Waals surface area contributed by atoms with Crippen LogP contribution in [0, 0.1) is 6.92 Å². The number of carbonyl (C=O) groups is 1. The molecule has 0 unspecified atom stereocenters. The quantitative estimate of drug-likeness (QED) is 0.446. The number of hydrogen-bond donors (Lipinski definition) is 3. The van der Waals surface area contributed by atoms with Crippen LogP contribution in [-0.2, 0) is 20.0 Å². The van der Waals surface area contributed by atoms with Crippen LogP contribution in [0.5, 0.6) is 5.75 Å². The first-order valence-electron chi connectivity index (χ1n) is 9.68. The van der Waals surface area contributed by atoms with Gasteiger partial charge in [0.1, 0.15) is 10.6 Å².